The van der Waals surface area contributed by atoms with Gasteiger partial charge in [0.1, 0.15) is 23.2 Å². The molecule has 106 valence electrons. The monoisotopic (exact) mass is 293 g/mol. The van der Waals surface area contributed by atoms with Gasteiger partial charge < -0.3 is 4.74 Å². The molecule has 0 spiro atoms. The predicted molar refractivity (Wildman–Crippen MR) is 78.7 cm³/mol. The first kappa shape index (κ1) is 14.8. The summed E-state index contributed by atoms with van der Waals surface area (Å²) in [5.41, 5.74) is 1.05. The molecule has 0 amide bonds. The zero-order chi connectivity index (χ0) is 14.8. The molecule has 0 unspecified atom stereocenters. The second-order valence-corrected chi connectivity index (χ2v) is 5.98. The Morgan fingerprint density at radius 2 is 1.95 bits per heavy atom. The number of benzene rings is 1. The Labute approximate surface area is 123 Å². The molecule has 1 heterocycles. The number of nitrogens with zero attached hydrogens (tertiary/aromatic N) is 1. The van der Waals surface area contributed by atoms with E-state index >= 15 is 0 Å². The minimum atomic E-state index is -0.419. The van der Waals surface area contributed by atoms with E-state index in [-0.39, 0.29) is 17.0 Å². The highest BCUT2D eigenvalue weighted by molar-refractivity contribution is 6.32. The number of halogens is 2. The number of ether oxygens (including phenoxy) is 1. The van der Waals surface area contributed by atoms with Gasteiger partial charge in [0.15, 0.2) is 0 Å². The van der Waals surface area contributed by atoms with Gasteiger partial charge in [-0.05, 0) is 29.2 Å². The normalized spacial score (nSPS) is 11.4. The van der Waals surface area contributed by atoms with Gasteiger partial charge in [0, 0.05) is 6.20 Å². The first-order valence-electron chi connectivity index (χ1n) is 6.41. The fourth-order valence-electron chi connectivity index (χ4n) is 1.86. The van der Waals surface area contributed by atoms with Crippen molar-refractivity contribution in [2.75, 3.05) is 0 Å². The molecule has 0 radical (unpaired) electrons. The summed E-state index contributed by atoms with van der Waals surface area (Å²) in [6.45, 7) is 6.08. The largest absolute Gasteiger partial charge is 0.486 e. The van der Waals surface area contributed by atoms with Crippen molar-refractivity contribution in [1.29, 1.82) is 0 Å². The Morgan fingerprint density at radius 3 is 2.55 bits per heavy atom. The molecule has 0 aliphatic heterocycles. The zero-order valence-electron chi connectivity index (χ0n) is 11.8. The van der Waals surface area contributed by atoms with Gasteiger partial charge in [-0.1, -0.05) is 44.5 Å². The molecule has 20 heavy (non-hydrogen) atoms. The van der Waals surface area contributed by atoms with Crippen molar-refractivity contribution in [3.63, 3.8) is 0 Å². The molecule has 0 aliphatic rings. The molecule has 1 aromatic carbocycles. The summed E-state index contributed by atoms with van der Waals surface area (Å²) in [5.74, 6) is -0.0829. The summed E-state index contributed by atoms with van der Waals surface area (Å²) in [5, 5.41) is 0.0216. The lowest BCUT2D eigenvalue weighted by molar-refractivity contribution is 0.299. The van der Waals surface area contributed by atoms with Crippen LogP contribution in [0.2, 0.25) is 5.02 Å². The lowest BCUT2D eigenvalue weighted by Gasteiger charge is -2.21. The SMILES string of the molecule is CC(C)(C)c1ccc(OCc2ccccn2)c(Cl)c1F. The van der Waals surface area contributed by atoms with Crippen LogP contribution in [0.15, 0.2) is 36.5 Å². The van der Waals surface area contributed by atoms with Crippen LogP contribution < -0.4 is 4.74 Å². The second kappa shape index (κ2) is 5.80. The highest BCUT2D eigenvalue weighted by Crippen LogP contribution is 2.35. The van der Waals surface area contributed by atoms with Gasteiger partial charge in [-0.2, -0.15) is 0 Å². The molecule has 0 saturated carbocycles. The number of hydrogen-bond donors (Lipinski definition) is 0. The molecule has 0 N–H and O–H groups in total. The summed E-state index contributed by atoms with van der Waals surface area (Å²) in [6, 6.07) is 8.96. The van der Waals surface area contributed by atoms with Gasteiger partial charge in [0.2, 0.25) is 0 Å². The fraction of sp³-hybridized carbons (Fsp3) is 0.312. The number of aromatic nitrogens is 1. The van der Waals surface area contributed by atoms with Crippen LogP contribution in [0.3, 0.4) is 0 Å². The van der Waals surface area contributed by atoms with Gasteiger partial charge in [-0.3, -0.25) is 4.98 Å². The third kappa shape index (κ3) is 3.28. The van der Waals surface area contributed by atoms with Crippen LogP contribution in [0.5, 0.6) is 5.75 Å². The molecule has 2 aromatic rings. The molecule has 0 aliphatic carbocycles. The summed E-state index contributed by atoms with van der Waals surface area (Å²) >= 11 is 6.05. The van der Waals surface area contributed by atoms with Gasteiger partial charge in [-0.15, -0.1) is 0 Å². The van der Waals surface area contributed by atoms with E-state index in [0.717, 1.165) is 5.69 Å². The number of rotatable bonds is 3. The van der Waals surface area contributed by atoms with E-state index in [4.69, 9.17) is 16.3 Å². The lowest BCUT2D eigenvalue weighted by atomic mass is 9.86. The average Bonchev–Trinajstić information content (AvgIpc) is 2.40. The summed E-state index contributed by atoms with van der Waals surface area (Å²) in [7, 11) is 0. The van der Waals surface area contributed by atoms with Gasteiger partial charge in [0.25, 0.3) is 0 Å². The van der Waals surface area contributed by atoms with Gasteiger partial charge in [0.05, 0.1) is 5.69 Å². The van der Waals surface area contributed by atoms with E-state index in [1.54, 1.807) is 18.3 Å². The molecule has 4 heteroatoms. The molecule has 0 fully saturated rings. The van der Waals surface area contributed by atoms with Crippen LogP contribution >= 0.6 is 11.6 Å². The van der Waals surface area contributed by atoms with Crippen molar-refractivity contribution >= 4 is 11.6 Å². The standard InChI is InChI=1S/C16H17ClFNO/c1-16(2,3)12-7-8-13(14(17)15(12)18)20-10-11-6-4-5-9-19-11/h4-9H,10H2,1-3H3. The molecular formula is C16H17ClFNO. The topological polar surface area (TPSA) is 22.1 Å². The molecule has 2 nitrogen and oxygen atoms in total. The fourth-order valence-corrected chi connectivity index (χ4v) is 2.08. The molecule has 2 rings (SSSR count). The van der Waals surface area contributed by atoms with Crippen LogP contribution in [0.4, 0.5) is 4.39 Å². The van der Waals surface area contributed by atoms with E-state index < -0.39 is 5.82 Å². The van der Waals surface area contributed by atoms with Crippen molar-refractivity contribution in [1.82, 2.24) is 4.98 Å². The quantitative estimate of drug-likeness (QED) is 0.814. The Kier molecular flexibility index (Phi) is 4.29. The predicted octanol–water partition coefficient (Wildman–Crippen LogP) is 4.75. The van der Waals surface area contributed by atoms with Crippen molar-refractivity contribution < 1.29 is 9.13 Å². The maximum atomic E-state index is 14.3. The number of hydrogen-bond acceptors (Lipinski definition) is 2. The highest BCUT2D eigenvalue weighted by Gasteiger charge is 2.22. The van der Waals surface area contributed by atoms with Crippen LogP contribution in [0.1, 0.15) is 32.0 Å². The molecule has 1 aromatic heterocycles. The maximum Gasteiger partial charge on any atom is 0.149 e. The Hall–Kier alpha value is -1.61. The summed E-state index contributed by atoms with van der Waals surface area (Å²) < 4.78 is 19.8. The molecule has 0 saturated heterocycles. The summed E-state index contributed by atoms with van der Waals surface area (Å²) in [4.78, 5) is 4.14. The minimum Gasteiger partial charge on any atom is -0.486 e. The maximum absolute atomic E-state index is 14.3. The van der Waals surface area contributed by atoms with Crippen LogP contribution in [-0.2, 0) is 12.0 Å². The van der Waals surface area contributed by atoms with E-state index in [1.807, 2.05) is 39.0 Å². The Morgan fingerprint density at radius 1 is 1.20 bits per heavy atom. The van der Waals surface area contributed by atoms with Crippen LogP contribution in [-0.4, -0.2) is 4.98 Å². The van der Waals surface area contributed by atoms with Crippen molar-refractivity contribution in [2.24, 2.45) is 0 Å². The van der Waals surface area contributed by atoms with Crippen LogP contribution in [0, 0.1) is 5.82 Å². The Balaban J connectivity index is 2.20. The van der Waals surface area contributed by atoms with Gasteiger partial charge >= 0.3 is 0 Å². The van der Waals surface area contributed by atoms with Crippen molar-refractivity contribution in [3.8, 4) is 5.75 Å². The minimum absolute atomic E-state index is 0.0216. The smallest absolute Gasteiger partial charge is 0.149 e. The average molecular weight is 294 g/mol. The van der Waals surface area contributed by atoms with Crippen molar-refractivity contribution in [3.05, 3.63) is 58.6 Å². The van der Waals surface area contributed by atoms with E-state index in [1.165, 1.54) is 0 Å². The van der Waals surface area contributed by atoms with Crippen molar-refractivity contribution in [2.45, 2.75) is 32.8 Å². The first-order valence-corrected chi connectivity index (χ1v) is 6.78. The second-order valence-electron chi connectivity index (χ2n) is 5.60. The highest BCUT2D eigenvalue weighted by atomic mass is 35.5. The van der Waals surface area contributed by atoms with E-state index in [0.29, 0.717) is 11.3 Å². The third-order valence-electron chi connectivity index (χ3n) is 2.96. The zero-order valence-corrected chi connectivity index (χ0v) is 12.5. The number of pyridine rings is 1. The molecule has 0 bridgehead atoms. The lowest BCUT2D eigenvalue weighted by Crippen LogP contribution is -2.14. The van der Waals surface area contributed by atoms with E-state index in [9.17, 15) is 4.39 Å². The Bertz CT molecular complexity index is 593. The van der Waals surface area contributed by atoms with Gasteiger partial charge in [-0.25, -0.2) is 4.39 Å². The molecular weight excluding hydrogens is 277 g/mol. The van der Waals surface area contributed by atoms with E-state index in [2.05, 4.69) is 4.98 Å². The van der Waals surface area contributed by atoms with Crippen LogP contribution in [0.25, 0.3) is 0 Å². The molecule has 0 atom stereocenters. The third-order valence-corrected chi connectivity index (χ3v) is 3.31. The summed E-state index contributed by atoms with van der Waals surface area (Å²) in [6.07, 6.45) is 1.68. The first-order chi connectivity index (χ1) is 9.39.